The number of amidine groups is 1. The molecule has 25 heavy (non-hydrogen) atoms. The zero-order valence-corrected chi connectivity index (χ0v) is 16.4. The number of hydrogen-bond donors (Lipinski definition) is 2. The second kappa shape index (κ2) is 7.47. The molecule has 0 aliphatic heterocycles. The van der Waals surface area contributed by atoms with E-state index in [4.69, 9.17) is 25.6 Å². The number of nitrogens with one attached hydrogen (secondary N) is 1. The quantitative estimate of drug-likeness (QED) is 0.366. The third kappa shape index (κ3) is 3.51. The zero-order valence-electron chi connectivity index (χ0n) is 14.0. The maximum absolute atomic E-state index is 7.65. The Hall–Kier alpha value is -2.03. The van der Waals surface area contributed by atoms with Crippen LogP contribution in [0.3, 0.4) is 0 Å². The molecule has 2 aromatic heterocycles. The van der Waals surface area contributed by atoms with E-state index in [2.05, 4.69) is 0 Å². The maximum Gasteiger partial charge on any atom is 0.133 e. The lowest BCUT2D eigenvalue weighted by molar-refractivity contribution is 0.404. The molecule has 0 bridgehead atoms. The number of nitrogens with two attached hydrogens (primary N) is 1. The molecule has 5 nitrogen and oxygen atoms in total. The molecule has 0 fully saturated rings. The summed E-state index contributed by atoms with van der Waals surface area (Å²) in [5.74, 6) is 1.58. The van der Waals surface area contributed by atoms with Crippen LogP contribution >= 0.6 is 34.4 Å². The molecule has 2 heterocycles. The minimum atomic E-state index is 0.0813. The Kier molecular flexibility index (Phi) is 5.31. The van der Waals surface area contributed by atoms with Crippen molar-refractivity contribution in [2.45, 2.75) is 4.21 Å². The van der Waals surface area contributed by atoms with Gasteiger partial charge in [0.25, 0.3) is 0 Å². The summed E-state index contributed by atoms with van der Waals surface area (Å²) in [7, 11) is 3.28. The molecule has 3 rings (SSSR count). The van der Waals surface area contributed by atoms with Gasteiger partial charge in [0.05, 0.1) is 29.0 Å². The van der Waals surface area contributed by atoms with Gasteiger partial charge in [-0.25, -0.2) is 4.98 Å². The van der Waals surface area contributed by atoms with Crippen LogP contribution in [-0.4, -0.2) is 31.3 Å². The molecule has 3 aromatic rings. The minimum absolute atomic E-state index is 0.0813. The molecule has 0 aliphatic carbocycles. The molecule has 1 aromatic carbocycles. The van der Waals surface area contributed by atoms with E-state index in [1.165, 1.54) is 11.3 Å². The second-order valence-electron chi connectivity index (χ2n) is 5.03. The Morgan fingerprint density at radius 3 is 2.64 bits per heavy atom. The van der Waals surface area contributed by atoms with Gasteiger partial charge in [-0.05, 0) is 30.5 Å². The molecule has 3 N–H and O–H groups in total. The summed E-state index contributed by atoms with van der Waals surface area (Å²) in [4.78, 5) is 5.54. The van der Waals surface area contributed by atoms with Crippen LogP contribution in [-0.2, 0) is 0 Å². The molecule has 0 amide bonds. The van der Waals surface area contributed by atoms with Crippen molar-refractivity contribution in [3.8, 4) is 33.3 Å². The lowest BCUT2D eigenvalue weighted by Gasteiger charge is -2.08. The van der Waals surface area contributed by atoms with Crippen LogP contribution in [0.1, 0.15) is 4.88 Å². The molecule has 0 radical (unpaired) electrons. The molecule has 130 valence electrons. The van der Waals surface area contributed by atoms with E-state index in [1.807, 2.05) is 35.9 Å². The number of aromatic nitrogens is 1. The Morgan fingerprint density at radius 2 is 2.00 bits per heavy atom. The number of hydrogen-bond acceptors (Lipinski definition) is 7. The highest BCUT2D eigenvalue weighted by Gasteiger charge is 2.17. The zero-order chi connectivity index (χ0) is 18.0. The molecule has 0 saturated heterocycles. The molecule has 0 saturated carbocycles. The van der Waals surface area contributed by atoms with E-state index in [-0.39, 0.29) is 5.84 Å². The van der Waals surface area contributed by atoms with Crippen LogP contribution in [0, 0.1) is 5.41 Å². The van der Waals surface area contributed by atoms with E-state index in [0.717, 1.165) is 42.4 Å². The number of nitrogens with zero attached hydrogens (tertiary/aromatic N) is 1. The van der Waals surface area contributed by atoms with Gasteiger partial charge in [0.15, 0.2) is 0 Å². The molecular formula is C17H17N3O2S3. The monoisotopic (exact) mass is 391 g/mol. The van der Waals surface area contributed by atoms with Crippen LogP contribution < -0.4 is 15.2 Å². The highest BCUT2D eigenvalue weighted by molar-refractivity contribution is 8.00. The maximum atomic E-state index is 7.65. The first-order valence-electron chi connectivity index (χ1n) is 7.28. The van der Waals surface area contributed by atoms with Crippen molar-refractivity contribution >= 4 is 40.3 Å². The van der Waals surface area contributed by atoms with Gasteiger partial charge in [-0.2, -0.15) is 0 Å². The van der Waals surface area contributed by atoms with Gasteiger partial charge in [-0.3, -0.25) is 5.41 Å². The van der Waals surface area contributed by atoms with Crippen LogP contribution in [0.15, 0.2) is 33.9 Å². The lowest BCUT2D eigenvalue weighted by Crippen LogP contribution is -2.08. The smallest absolute Gasteiger partial charge is 0.133 e. The normalized spacial score (nSPS) is 10.7. The van der Waals surface area contributed by atoms with Gasteiger partial charge in [-0.1, -0.05) is 0 Å². The first-order valence-corrected chi connectivity index (χ1v) is 10.2. The van der Waals surface area contributed by atoms with Crippen molar-refractivity contribution < 1.29 is 9.47 Å². The van der Waals surface area contributed by atoms with Gasteiger partial charge >= 0.3 is 0 Å². The Balaban J connectivity index is 2.05. The SMILES string of the molecule is COc1ccc(OC)c(-c2csc(-c3cc(C(=N)N)sc3SC)n2)c1. The third-order valence-corrected chi connectivity index (χ3v) is 6.75. The fraction of sp³-hybridized carbons (Fsp3) is 0.176. The second-order valence-corrected chi connectivity index (χ2v) is 8.02. The molecule has 0 spiro atoms. The van der Waals surface area contributed by atoms with Crippen molar-refractivity contribution in [2.24, 2.45) is 5.73 Å². The van der Waals surface area contributed by atoms with Crippen LogP contribution in [0.25, 0.3) is 21.8 Å². The summed E-state index contributed by atoms with van der Waals surface area (Å²) in [6.45, 7) is 0. The van der Waals surface area contributed by atoms with Crippen molar-refractivity contribution in [2.75, 3.05) is 20.5 Å². The first kappa shape index (κ1) is 17.8. The van der Waals surface area contributed by atoms with E-state index in [9.17, 15) is 0 Å². The number of ether oxygens (including phenoxy) is 2. The Bertz CT molecular complexity index is 918. The largest absolute Gasteiger partial charge is 0.497 e. The van der Waals surface area contributed by atoms with Crippen molar-refractivity contribution in [3.05, 3.63) is 34.5 Å². The molecule has 0 atom stereocenters. The summed E-state index contributed by atoms with van der Waals surface area (Å²) in [6, 6.07) is 7.59. The summed E-state index contributed by atoms with van der Waals surface area (Å²) < 4.78 is 11.9. The standard InChI is InChI=1S/C17H17N3O2S3/c1-21-9-4-5-13(22-2)10(6-9)12-8-24-16(20-12)11-7-14(15(18)19)25-17(11)23-3/h4-8H,1-3H3,(H3,18,19). The van der Waals surface area contributed by atoms with Crippen molar-refractivity contribution in [1.82, 2.24) is 4.98 Å². The summed E-state index contributed by atoms with van der Waals surface area (Å²) in [5.41, 5.74) is 8.36. The number of rotatable bonds is 6. The minimum Gasteiger partial charge on any atom is -0.497 e. The van der Waals surface area contributed by atoms with Gasteiger partial charge in [0.2, 0.25) is 0 Å². The van der Waals surface area contributed by atoms with Crippen molar-refractivity contribution in [3.63, 3.8) is 0 Å². The fourth-order valence-corrected chi connectivity index (χ4v) is 5.04. The first-order chi connectivity index (χ1) is 12.1. The van der Waals surface area contributed by atoms with E-state index in [0.29, 0.717) is 0 Å². The molecule has 0 aliphatic rings. The number of nitrogen functional groups attached to an aromatic ring is 1. The van der Waals surface area contributed by atoms with Crippen LogP contribution in [0.2, 0.25) is 0 Å². The van der Waals surface area contributed by atoms with E-state index >= 15 is 0 Å². The molecule has 8 heteroatoms. The highest BCUT2D eigenvalue weighted by atomic mass is 32.2. The summed E-state index contributed by atoms with van der Waals surface area (Å²) in [5, 5.41) is 10.6. The fourth-order valence-electron chi connectivity index (χ4n) is 2.34. The summed E-state index contributed by atoms with van der Waals surface area (Å²) >= 11 is 4.71. The topological polar surface area (TPSA) is 81.2 Å². The Morgan fingerprint density at radius 1 is 1.20 bits per heavy atom. The molecular weight excluding hydrogens is 374 g/mol. The van der Waals surface area contributed by atoms with Gasteiger partial charge in [0.1, 0.15) is 22.3 Å². The number of methoxy groups -OCH3 is 2. The summed E-state index contributed by atoms with van der Waals surface area (Å²) in [6.07, 6.45) is 2.01. The van der Waals surface area contributed by atoms with Gasteiger partial charge in [-0.15, -0.1) is 34.4 Å². The van der Waals surface area contributed by atoms with Crippen LogP contribution in [0.4, 0.5) is 0 Å². The molecule has 0 unspecified atom stereocenters. The number of thioether (sulfide) groups is 1. The number of benzene rings is 1. The van der Waals surface area contributed by atoms with E-state index < -0.39 is 0 Å². The predicted molar refractivity (Wildman–Crippen MR) is 107 cm³/mol. The van der Waals surface area contributed by atoms with Crippen molar-refractivity contribution in [1.29, 1.82) is 5.41 Å². The Labute approximate surface area is 158 Å². The number of thiophene rings is 1. The average Bonchev–Trinajstić information content (AvgIpc) is 3.27. The van der Waals surface area contributed by atoms with Gasteiger partial charge < -0.3 is 15.2 Å². The van der Waals surface area contributed by atoms with Crippen LogP contribution in [0.5, 0.6) is 11.5 Å². The highest BCUT2D eigenvalue weighted by Crippen LogP contribution is 2.41. The van der Waals surface area contributed by atoms with E-state index in [1.54, 1.807) is 37.3 Å². The lowest BCUT2D eigenvalue weighted by atomic mass is 10.1. The predicted octanol–water partition coefficient (Wildman–Crippen LogP) is 4.56. The number of thiazole rings is 1. The average molecular weight is 392 g/mol. The van der Waals surface area contributed by atoms with Gasteiger partial charge in [0, 0.05) is 16.5 Å². The third-order valence-electron chi connectivity index (χ3n) is 3.57.